The molecule has 0 bridgehead atoms. The maximum absolute atomic E-state index is 13.7. The van der Waals surface area contributed by atoms with Crippen molar-refractivity contribution in [3.8, 4) is 0 Å². The monoisotopic (exact) mass is 259 g/mol. The van der Waals surface area contributed by atoms with E-state index in [1.807, 2.05) is 13.8 Å². The van der Waals surface area contributed by atoms with Gasteiger partial charge in [-0.3, -0.25) is 5.32 Å². The number of rotatable bonds is 4. The largest absolute Gasteiger partial charge is 0.468 e. The molecule has 0 aliphatic rings. The Morgan fingerprint density at radius 3 is 2.59 bits per heavy atom. The highest BCUT2D eigenvalue weighted by atomic mass is 35.5. The number of carbonyl (C=O) groups is 1. The van der Waals surface area contributed by atoms with Crippen molar-refractivity contribution in [3.63, 3.8) is 0 Å². The third-order valence-corrected chi connectivity index (χ3v) is 2.55. The molecule has 0 heterocycles. The van der Waals surface area contributed by atoms with Crippen molar-refractivity contribution >= 4 is 17.6 Å². The summed E-state index contributed by atoms with van der Waals surface area (Å²) in [5.74, 6) is -1.09. The lowest BCUT2D eigenvalue weighted by Crippen LogP contribution is -2.35. The first-order valence-corrected chi connectivity index (χ1v) is 5.63. The van der Waals surface area contributed by atoms with Gasteiger partial charge in [-0.25, -0.2) is 9.18 Å². The highest BCUT2D eigenvalue weighted by Gasteiger charge is 2.27. The zero-order valence-electron chi connectivity index (χ0n) is 9.96. The Morgan fingerprint density at radius 1 is 1.47 bits per heavy atom. The molecule has 1 unspecified atom stereocenters. The Labute approximate surface area is 105 Å². The maximum Gasteiger partial charge on any atom is 0.327 e. The molecular weight excluding hydrogens is 245 g/mol. The van der Waals surface area contributed by atoms with Crippen LogP contribution >= 0.6 is 11.6 Å². The summed E-state index contributed by atoms with van der Waals surface area (Å²) in [6, 6.07) is 3.39. The SMILES string of the molecule is COC(=O)C(NC(C)C)c1c(F)cccc1Cl. The molecule has 0 saturated carbocycles. The van der Waals surface area contributed by atoms with Gasteiger partial charge in [-0.1, -0.05) is 17.7 Å². The average Bonchev–Trinajstić information content (AvgIpc) is 2.26. The third-order valence-electron chi connectivity index (χ3n) is 2.23. The zero-order valence-corrected chi connectivity index (χ0v) is 10.7. The number of benzene rings is 1. The summed E-state index contributed by atoms with van der Waals surface area (Å²) in [5, 5.41) is 3.13. The van der Waals surface area contributed by atoms with E-state index in [0.29, 0.717) is 0 Å². The summed E-state index contributed by atoms with van der Waals surface area (Å²) in [4.78, 5) is 11.6. The molecular formula is C12H15ClFNO2. The van der Waals surface area contributed by atoms with Crippen molar-refractivity contribution in [1.82, 2.24) is 5.32 Å². The van der Waals surface area contributed by atoms with E-state index in [0.717, 1.165) is 0 Å². The number of methoxy groups -OCH3 is 1. The molecule has 0 radical (unpaired) electrons. The fourth-order valence-electron chi connectivity index (χ4n) is 1.51. The van der Waals surface area contributed by atoms with Gasteiger partial charge in [0.2, 0.25) is 0 Å². The molecule has 1 aromatic carbocycles. The van der Waals surface area contributed by atoms with E-state index in [9.17, 15) is 9.18 Å². The number of carbonyl (C=O) groups excluding carboxylic acids is 1. The molecule has 0 fully saturated rings. The number of esters is 1. The summed E-state index contributed by atoms with van der Waals surface area (Å²) < 4.78 is 18.4. The number of halogens is 2. The molecule has 5 heteroatoms. The van der Waals surface area contributed by atoms with Crippen molar-refractivity contribution in [3.05, 3.63) is 34.6 Å². The minimum Gasteiger partial charge on any atom is -0.468 e. The first-order chi connectivity index (χ1) is 7.97. The Hall–Kier alpha value is -1.13. The van der Waals surface area contributed by atoms with Gasteiger partial charge in [-0.05, 0) is 26.0 Å². The third kappa shape index (κ3) is 3.41. The van der Waals surface area contributed by atoms with Gasteiger partial charge < -0.3 is 4.74 Å². The van der Waals surface area contributed by atoms with E-state index in [1.165, 1.54) is 25.3 Å². The average molecular weight is 260 g/mol. The fraction of sp³-hybridized carbons (Fsp3) is 0.417. The Bertz CT molecular complexity index is 389. The first kappa shape index (κ1) is 13.9. The van der Waals surface area contributed by atoms with E-state index < -0.39 is 17.8 Å². The number of nitrogens with one attached hydrogen (secondary N) is 1. The maximum atomic E-state index is 13.7. The van der Waals surface area contributed by atoms with Crippen LogP contribution in [0.1, 0.15) is 25.5 Å². The molecule has 0 saturated heterocycles. The minimum atomic E-state index is -0.895. The van der Waals surface area contributed by atoms with E-state index in [1.54, 1.807) is 0 Å². The van der Waals surface area contributed by atoms with Crippen LogP contribution in [0.5, 0.6) is 0 Å². The lowest BCUT2D eigenvalue weighted by molar-refractivity contribution is -0.143. The van der Waals surface area contributed by atoms with Gasteiger partial charge >= 0.3 is 5.97 Å². The molecule has 3 nitrogen and oxygen atoms in total. The van der Waals surface area contributed by atoms with Crippen molar-refractivity contribution in [2.75, 3.05) is 7.11 Å². The quantitative estimate of drug-likeness (QED) is 0.845. The first-order valence-electron chi connectivity index (χ1n) is 5.25. The van der Waals surface area contributed by atoms with Gasteiger partial charge in [-0.15, -0.1) is 0 Å². The van der Waals surface area contributed by atoms with Crippen molar-refractivity contribution in [2.45, 2.75) is 25.9 Å². The number of hydrogen-bond donors (Lipinski definition) is 1. The minimum absolute atomic E-state index is 0.00484. The Kier molecular flexibility index (Phi) is 4.90. The number of ether oxygens (including phenoxy) is 1. The second kappa shape index (κ2) is 5.98. The van der Waals surface area contributed by atoms with Gasteiger partial charge in [0.1, 0.15) is 11.9 Å². The van der Waals surface area contributed by atoms with Crippen LogP contribution in [0.25, 0.3) is 0 Å². The standard InChI is InChI=1S/C12H15ClFNO2/c1-7(2)15-11(12(16)17-3)10-8(13)5-4-6-9(10)14/h4-7,11,15H,1-3H3. The molecule has 1 rings (SSSR count). The highest BCUT2D eigenvalue weighted by molar-refractivity contribution is 6.31. The van der Waals surface area contributed by atoms with E-state index in [2.05, 4.69) is 10.1 Å². The smallest absolute Gasteiger partial charge is 0.327 e. The van der Waals surface area contributed by atoms with Crippen LogP contribution in [-0.2, 0) is 9.53 Å². The van der Waals surface area contributed by atoms with E-state index in [4.69, 9.17) is 11.6 Å². The van der Waals surface area contributed by atoms with Crippen LogP contribution in [0.15, 0.2) is 18.2 Å². The van der Waals surface area contributed by atoms with Crippen molar-refractivity contribution in [2.24, 2.45) is 0 Å². The zero-order chi connectivity index (χ0) is 13.0. The fourth-order valence-corrected chi connectivity index (χ4v) is 1.78. The van der Waals surface area contributed by atoms with Crippen LogP contribution in [0.4, 0.5) is 4.39 Å². The normalized spacial score (nSPS) is 12.6. The number of hydrogen-bond acceptors (Lipinski definition) is 3. The van der Waals surface area contributed by atoms with Crippen molar-refractivity contribution < 1.29 is 13.9 Å². The Morgan fingerprint density at radius 2 is 2.12 bits per heavy atom. The van der Waals surface area contributed by atoms with Gasteiger partial charge in [-0.2, -0.15) is 0 Å². The molecule has 0 spiro atoms. The predicted molar refractivity (Wildman–Crippen MR) is 64.4 cm³/mol. The molecule has 1 atom stereocenters. The summed E-state index contributed by atoms with van der Waals surface area (Å²) in [5.41, 5.74) is 0.120. The summed E-state index contributed by atoms with van der Waals surface area (Å²) in [6.45, 7) is 3.70. The van der Waals surface area contributed by atoms with Gasteiger partial charge in [0.25, 0.3) is 0 Å². The predicted octanol–water partition coefficient (Wildman–Crippen LogP) is 2.69. The van der Waals surface area contributed by atoms with Gasteiger partial charge in [0.15, 0.2) is 0 Å². The van der Waals surface area contributed by atoms with Crippen LogP contribution in [0.2, 0.25) is 5.02 Å². The molecule has 0 aliphatic heterocycles. The second-order valence-corrected chi connectivity index (χ2v) is 4.32. The summed E-state index contributed by atoms with van der Waals surface area (Å²) >= 11 is 5.92. The lowest BCUT2D eigenvalue weighted by atomic mass is 10.1. The van der Waals surface area contributed by atoms with Crippen LogP contribution < -0.4 is 5.32 Å². The molecule has 1 aromatic rings. The topological polar surface area (TPSA) is 38.3 Å². The Balaban J connectivity index is 3.17. The van der Waals surface area contributed by atoms with Gasteiger partial charge in [0, 0.05) is 16.6 Å². The van der Waals surface area contributed by atoms with E-state index in [-0.39, 0.29) is 16.6 Å². The molecule has 94 valence electrons. The van der Waals surface area contributed by atoms with Crippen molar-refractivity contribution in [1.29, 1.82) is 0 Å². The summed E-state index contributed by atoms with van der Waals surface area (Å²) in [6.07, 6.45) is 0. The molecule has 17 heavy (non-hydrogen) atoms. The molecule has 0 amide bonds. The van der Waals surface area contributed by atoms with Gasteiger partial charge in [0.05, 0.1) is 7.11 Å². The highest BCUT2D eigenvalue weighted by Crippen LogP contribution is 2.27. The van der Waals surface area contributed by atoms with Crippen LogP contribution in [0, 0.1) is 5.82 Å². The molecule has 0 aromatic heterocycles. The lowest BCUT2D eigenvalue weighted by Gasteiger charge is -2.20. The van der Waals surface area contributed by atoms with E-state index >= 15 is 0 Å². The second-order valence-electron chi connectivity index (χ2n) is 3.91. The summed E-state index contributed by atoms with van der Waals surface area (Å²) in [7, 11) is 1.26. The molecule has 1 N–H and O–H groups in total. The molecule has 0 aliphatic carbocycles. The van der Waals surface area contributed by atoms with Crippen LogP contribution in [0.3, 0.4) is 0 Å². The van der Waals surface area contributed by atoms with Crippen LogP contribution in [-0.4, -0.2) is 19.1 Å².